The molecule has 2 heterocycles. The Labute approximate surface area is 374 Å². The van der Waals surface area contributed by atoms with Gasteiger partial charge in [0.05, 0.1) is 27.8 Å². The number of benzene rings is 7. The van der Waals surface area contributed by atoms with Crippen LogP contribution in [0.1, 0.15) is 79.0 Å². The maximum absolute atomic E-state index is 12.5. The number of aromatic nitrogens is 3. The summed E-state index contributed by atoms with van der Waals surface area (Å²) in [7, 11) is 0. The summed E-state index contributed by atoms with van der Waals surface area (Å²) in [5, 5.41) is 15.5. The van der Waals surface area contributed by atoms with E-state index in [-0.39, 0.29) is 43.1 Å². The maximum Gasteiger partial charge on any atom is 0.149 e. The number of phenolic OH excluding ortho intramolecular Hbond substituents is 1. The fourth-order valence-electron chi connectivity index (χ4n) is 8.39. The summed E-state index contributed by atoms with van der Waals surface area (Å²) in [6.07, 6.45) is 0. The third-order valence-corrected chi connectivity index (χ3v) is 11.9. The molecule has 308 valence electrons. The Balaban J connectivity index is 0.00000514. The molecule has 9 rings (SSSR count). The SMILES string of the molecule is CC(C)(C)c1ccc(-n2c(-c3cc(C(C)(C)C)cc(C(C)(C)C)c3O)nc3c4c(ccc5ccc(-c6[c-]ccc(-c7ccccc7)c6)nc54)ccc32)c(-c2ccccc2)c1.[Pt]. The number of imidazole rings is 1. The van der Waals surface area contributed by atoms with Crippen LogP contribution in [-0.2, 0) is 37.3 Å². The van der Waals surface area contributed by atoms with Crippen LogP contribution in [0.3, 0.4) is 0 Å². The Morgan fingerprint density at radius 1 is 0.525 bits per heavy atom. The molecule has 1 N–H and O–H groups in total. The molecule has 0 amide bonds. The third kappa shape index (κ3) is 7.72. The molecule has 0 saturated heterocycles. The largest absolute Gasteiger partial charge is 0.507 e. The van der Waals surface area contributed by atoms with E-state index in [1.165, 1.54) is 5.56 Å². The van der Waals surface area contributed by atoms with E-state index in [1.54, 1.807) is 0 Å². The molecule has 0 aliphatic rings. The topological polar surface area (TPSA) is 50.9 Å². The summed E-state index contributed by atoms with van der Waals surface area (Å²) in [5.74, 6) is 0.937. The first-order chi connectivity index (χ1) is 28.6. The van der Waals surface area contributed by atoms with Gasteiger partial charge in [-0.2, -0.15) is 0 Å². The molecule has 0 atom stereocenters. The molecule has 9 aromatic rings. The zero-order chi connectivity index (χ0) is 42.1. The van der Waals surface area contributed by atoms with Crippen molar-refractivity contribution in [2.45, 2.75) is 78.6 Å². The average molecular weight is 978 g/mol. The van der Waals surface area contributed by atoms with Gasteiger partial charge in [0.25, 0.3) is 0 Å². The van der Waals surface area contributed by atoms with E-state index in [0.717, 1.165) is 83.0 Å². The van der Waals surface area contributed by atoms with Crippen LogP contribution in [0.15, 0.2) is 146 Å². The van der Waals surface area contributed by atoms with E-state index in [4.69, 9.17) is 9.97 Å². The molecule has 0 fully saturated rings. The number of aromatic hydroxyl groups is 1. The Morgan fingerprint density at radius 2 is 1.15 bits per heavy atom. The van der Waals surface area contributed by atoms with Crippen molar-refractivity contribution >= 4 is 32.7 Å². The van der Waals surface area contributed by atoms with Gasteiger partial charge in [-0.05, 0) is 79.2 Å². The zero-order valence-corrected chi connectivity index (χ0v) is 38.7. The van der Waals surface area contributed by atoms with Crippen LogP contribution in [0, 0.1) is 6.07 Å². The van der Waals surface area contributed by atoms with Crippen LogP contribution in [0.2, 0.25) is 0 Å². The molecule has 7 aromatic carbocycles. The first-order valence-corrected chi connectivity index (χ1v) is 21.0. The van der Waals surface area contributed by atoms with Gasteiger partial charge in [0, 0.05) is 37.6 Å². The van der Waals surface area contributed by atoms with Gasteiger partial charge in [-0.1, -0.05) is 165 Å². The van der Waals surface area contributed by atoms with E-state index in [9.17, 15) is 5.11 Å². The zero-order valence-electron chi connectivity index (χ0n) is 36.5. The number of hydrogen-bond acceptors (Lipinski definition) is 3. The number of nitrogens with zero attached hydrogens (tertiary/aromatic N) is 3. The Kier molecular flexibility index (Phi) is 10.7. The monoisotopic (exact) mass is 977 g/mol. The van der Waals surface area contributed by atoms with Crippen LogP contribution >= 0.6 is 0 Å². The summed E-state index contributed by atoms with van der Waals surface area (Å²) in [6.45, 7) is 19.9. The number of pyridine rings is 1. The minimum Gasteiger partial charge on any atom is -0.507 e. The Bertz CT molecular complexity index is 3090. The predicted molar refractivity (Wildman–Crippen MR) is 252 cm³/mol. The van der Waals surface area contributed by atoms with Crippen molar-refractivity contribution in [3.8, 4) is 56.3 Å². The number of rotatable bonds is 5. The first kappa shape index (κ1) is 41.9. The molecule has 5 heteroatoms. The molecule has 4 nitrogen and oxygen atoms in total. The van der Waals surface area contributed by atoms with E-state index >= 15 is 0 Å². The van der Waals surface area contributed by atoms with Crippen molar-refractivity contribution in [1.29, 1.82) is 0 Å². The molecule has 0 aliphatic heterocycles. The molecule has 0 radical (unpaired) electrons. The van der Waals surface area contributed by atoms with Gasteiger partial charge in [-0.15, -0.1) is 35.4 Å². The molecule has 0 aliphatic carbocycles. The fourth-order valence-corrected chi connectivity index (χ4v) is 8.39. The molecule has 0 bridgehead atoms. The Morgan fingerprint density at radius 3 is 1.82 bits per heavy atom. The fraction of sp³-hybridized carbons (Fsp3) is 0.214. The van der Waals surface area contributed by atoms with Gasteiger partial charge in [0.15, 0.2) is 0 Å². The molecule has 61 heavy (non-hydrogen) atoms. The molecule has 0 unspecified atom stereocenters. The van der Waals surface area contributed by atoms with Crippen LogP contribution in [0.4, 0.5) is 0 Å². The summed E-state index contributed by atoms with van der Waals surface area (Å²) < 4.78 is 2.28. The second-order valence-electron chi connectivity index (χ2n) is 19.3. The van der Waals surface area contributed by atoms with Gasteiger partial charge in [-0.25, -0.2) is 4.98 Å². The van der Waals surface area contributed by atoms with Crippen molar-refractivity contribution in [3.63, 3.8) is 0 Å². The minimum atomic E-state index is -0.321. The second-order valence-corrected chi connectivity index (χ2v) is 19.3. The van der Waals surface area contributed by atoms with Crippen LogP contribution in [0.5, 0.6) is 5.75 Å². The van der Waals surface area contributed by atoms with Gasteiger partial charge >= 0.3 is 0 Å². The molecule has 0 spiro atoms. The third-order valence-electron chi connectivity index (χ3n) is 11.9. The summed E-state index contributed by atoms with van der Waals surface area (Å²) >= 11 is 0. The van der Waals surface area contributed by atoms with Crippen LogP contribution in [0.25, 0.3) is 83.3 Å². The number of phenols is 1. The van der Waals surface area contributed by atoms with Gasteiger partial charge in [-0.3, -0.25) is 9.55 Å². The molecular weight excluding hydrogens is 926 g/mol. The van der Waals surface area contributed by atoms with Crippen molar-refractivity contribution < 1.29 is 26.2 Å². The molecular formula is C56H52N3OPt-. The summed E-state index contributed by atoms with van der Waals surface area (Å²) in [4.78, 5) is 11.1. The molecule has 2 aromatic heterocycles. The second kappa shape index (κ2) is 15.6. The molecule has 0 saturated carbocycles. The van der Waals surface area contributed by atoms with Crippen LogP contribution in [-0.4, -0.2) is 19.6 Å². The van der Waals surface area contributed by atoms with Crippen molar-refractivity contribution in [3.05, 3.63) is 168 Å². The van der Waals surface area contributed by atoms with E-state index < -0.39 is 0 Å². The summed E-state index contributed by atoms with van der Waals surface area (Å²) in [5.41, 5.74) is 13.3. The van der Waals surface area contributed by atoms with Crippen molar-refractivity contribution in [2.75, 3.05) is 0 Å². The van der Waals surface area contributed by atoms with Gasteiger partial charge in [0.1, 0.15) is 11.6 Å². The minimum absolute atomic E-state index is 0. The standard InChI is InChI=1S/C56H52N3O.Pt/c1-54(2,3)41-27-30-47(43(32-41)36-19-14-11-15-20-36)59-48-29-26-37-23-24-38-25-28-46(40-22-16-21-39(31-40)35-17-12-10-13-18-35)57-50(38)49(37)51(48)58-53(59)44-33-42(55(4,5)6)34-45(52(44)60)56(7,8)9;/h10-21,23-34,60H,1-9H3;/q-1;. The number of fused-ring (bicyclic) bond motifs is 5. The smallest absolute Gasteiger partial charge is 0.149 e. The van der Waals surface area contributed by atoms with Crippen LogP contribution < -0.4 is 0 Å². The quantitative estimate of drug-likeness (QED) is 0.138. The van der Waals surface area contributed by atoms with Crippen molar-refractivity contribution in [1.82, 2.24) is 14.5 Å². The number of hydrogen-bond donors (Lipinski definition) is 1. The van der Waals surface area contributed by atoms with E-state index in [2.05, 4.69) is 206 Å². The summed E-state index contributed by atoms with van der Waals surface area (Å²) in [6, 6.07) is 54.8. The first-order valence-electron chi connectivity index (χ1n) is 21.0. The van der Waals surface area contributed by atoms with Crippen molar-refractivity contribution in [2.24, 2.45) is 0 Å². The van der Waals surface area contributed by atoms with E-state index in [1.807, 2.05) is 12.1 Å². The maximum atomic E-state index is 12.5. The Hall–Kier alpha value is -5.83. The van der Waals surface area contributed by atoms with Gasteiger partial charge in [0.2, 0.25) is 0 Å². The van der Waals surface area contributed by atoms with Gasteiger partial charge < -0.3 is 5.11 Å². The van der Waals surface area contributed by atoms with E-state index in [0.29, 0.717) is 11.4 Å². The average Bonchev–Trinajstić information content (AvgIpc) is 3.62. The predicted octanol–water partition coefficient (Wildman–Crippen LogP) is 14.8. The normalized spacial score (nSPS) is 12.3.